The Morgan fingerprint density at radius 1 is 1.27 bits per heavy atom. The van der Waals surface area contributed by atoms with E-state index in [1.54, 1.807) is 12.1 Å². The van der Waals surface area contributed by atoms with Crippen LogP contribution >= 0.6 is 11.6 Å². The predicted molar refractivity (Wildman–Crippen MR) is 85.9 cm³/mol. The zero-order valence-corrected chi connectivity index (χ0v) is 14.0. The highest BCUT2D eigenvalue weighted by Crippen LogP contribution is 2.32. The van der Waals surface area contributed by atoms with Crippen molar-refractivity contribution in [1.29, 1.82) is 0 Å². The molecular formula is C15H21ClN2O3S. The summed E-state index contributed by atoms with van der Waals surface area (Å²) in [6.07, 6.45) is 3.56. The lowest BCUT2D eigenvalue weighted by molar-refractivity contribution is 0.177. The Kier molecular flexibility index (Phi) is 4.92. The summed E-state index contributed by atoms with van der Waals surface area (Å²) in [7, 11) is -3.57. The van der Waals surface area contributed by atoms with Crippen LogP contribution < -0.4 is 10.1 Å². The van der Waals surface area contributed by atoms with Crippen LogP contribution in [-0.2, 0) is 10.0 Å². The van der Waals surface area contributed by atoms with E-state index in [2.05, 4.69) is 5.32 Å². The molecule has 5 nitrogen and oxygen atoms in total. The molecule has 0 spiro atoms. The smallest absolute Gasteiger partial charge is 0.246 e. The molecule has 3 rings (SSSR count). The first kappa shape index (κ1) is 16.1. The van der Waals surface area contributed by atoms with Gasteiger partial charge in [-0.05, 0) is 37.0 Å². The summed E-state index contributed by atoms with van der Waals surface area (Å²) in [6, 6.07) is 4.83. The summed E-state index contributed by atoms with van der Waals surface area (Å²) < 4.78 is 33.0. The maximum atomic E-state index is 12.8. The monoisotopic (exact) mass is 344 g/mol. The van der Waals surface area contributed by atoms with E-state index < -0.39 is 10.0 Å². The fourth-order valence-corrected chi connectivity index (χ4v) is 4.53. The molecule has 1 aliphatic heterocycles. The van der Waals surface area contributed by atoms with Gasteiger partial charge in [-0.3, -0.25) is 0 Å². The normalized spacial score (nSPS) is 20.6. The van der Waals surface area contributed by atoms with Crippen LogP contribution in [0.1, 0.15) is 19.3 Å². The zero-order valence-electron chi connectivity index (χ0n) is 12.4. The summed E-state index contributed by atoms with van der Waals surface area (Å²) in [5.41, 5.74) is 0. The van der Waals surface area contributed by atoms with Crippen molar-refractivity contribution in [3.63, 3.8) is 0 Å². The molecule has 2 aliphatic rings. The van der Waals surface area contributed by atoms with Crippen molar-refractivity contribution < 1.29 is 13.2 Å². The lowest BCUT2D eigenvalue weighted by atomic mass is 9.86. The quantitative estimate of drug-likeness (QED) is 0.888. The van der Waals surface area contributed by atoms with E-state index in [4.69, 9.17) is 16.3 Å². The first-order valence-corrected chi connectivity index (χ1v) is 9.52. The topological polar surface area (TPSA) is 58.6 Å². The third-order valence-corrected chi connectivity index (χ3v) is 6.45. The van der Waals surface area contributed by atoms with Crippen LogP contribution in [0, 0.1) is 5.92 Å². The zero-order chi connectivity index (χ0) is 15.6. The van der Waals surface area contributed by atoms with Gasteiger partial charge in [-0.15, -0.1) is 0 Å². The van der Waals surface area contributed by atoms with Crippen LogP contribution in [0.5, 0.6) is 5.75 Å². The highest BCUT2D eigenvalue weighted by molar-refractivity contribution is 7.89. The van der Waals surface area contributed by atoms with Gasteiger partial charge in [0, 0.05) is 31.2 Å². The Morgan fingerprint density at radius 2 is 2.00 bits per heavy atom. The average molecular weight is 345 g/mol. The van der Waals surface area contributed by atoms with Crippen molar-refractivity contribution in [2.45, 2.75) is 24.2 Å². The van der Waals surface area contributed by atoms with E-state index in [0.717, 1.165) is 12.8 Å². The molecule has 0 radical (unpaired) electrons. The van der Waals surface area contributed by atoms with Gasteiger partial charge in [-0.1, -0.05) is 18.0 Å². The van der Waals surface area contributed by atoms with Gasteiger partial charge in [0.2, 0.25) is 10.0 Å². The van der Waals surface area contributed by atoms with E-state index in [9.17, 15) is 8.42 Å². The van der Waals surface area contributed by atoms with Crippen LogP contribution in [0.3, 0.4) is 0 Å². The predicted octanol–water partition coefficient (Wildman–Crippen LogP) is 2.11. The van der Waals surface area contributed by atoms with Crippen LogP contribution in [0.15, 0.2) is 23.1 Å². The first-order valence-electron chi connectivity index (χ1n) is 7.70. The molecule has 1 aliphatic carbocycles. The second-order valence-electron chi connectivity index (χ2n) is 5.85. The van der Waals surface area contributed by atoms with Crippen molar-refractivity contribution >= 4 is 21.6 Å². The van der Waals surface area contributed by atoms with Crippen molar-refractivity contribution in [3.05, 3.63) is 23.2 Å². The molecule has 0 amide bonds. The van der Waals surface area contributed by atoms with Gasteiger partial charge in [-0.25, -0.2) is 8.42 Å². The van der Waals surface area contributed by atoms with Crippen LogP contribution in [0.25, 0.3) is 0 Å². The fourth-order valence-electron chi connectivity index (χ4n) is 2.69. The van der Waals surface area contributed by atoms with Crippen molar-refractivity contribution in [1.82, 2.24) is 9.62 Å². The summed E-state index contributed by atoms with van der Waals surface area (Å²) in [5.74, 6) is 0.959. The number of hydrogen-bond donors (Lipinski definition) is 1. The first-order chi connectivity index (χ1) is 10.6. The van der Waals surface area contributed by atoms with E-state index in [1.165, 1.54) is 16.8 Å². The van der Waals surface area contributed by atoms with Gasteiger partial charge in [-0.2, -0.15) is 4.31 Å². The lowest BCUT2D eigenvalue weighted by Crippen LogP contribution is -2.46. The van der Waals surface area contributed by atoms with Gasteiger partial charge >= 0.3 is 0 Å². The molecule has 1 N–H and O–H groups in total. The second-order valence-corrected chi connectivity index (χ2v) is 8.20. The van der Waals surface area contributed by atoms with E-state index >= 15 is 0 Å². The largest absolute Gasteiger partial charge is 0.492 e. The fraction of sp³-hybridized carbons (Fsp3) is 0.600. The highest BCUT2D eigenvalue weighted by Gasteiger charge is 2.29. The van der Waals surface area contributed by atoms with E-state index in [0.29, 0.717) is 49.5 Å². The Balaban J connectivity index is 1.84. The number of nitrogens with one attached hydrogen (secondary N) is 1. The lowest BCUT2D eigenvalue weighted by Gasteiger charge is -2.28. The third-order valence-electron chi connectivity index (χ3n) is 4.30. The van der Waals surface area contributed by atoms with Crippen molar-refractivity contribution in [2.24, 2.45) is 5.92 Å². The number of rotatable bonds is 5. The summed E-state index contributed by atoms with van der Waals surface area (Å²) in [5, 5.41) is 3.56. The van der Waals surface area contributed by atoms with Gasteiger partial charge in [0.05, 0.1) is 6.61 Å². The van der Waals surface area contributed by atoms with E-state index in [-0.39, 0.29) is 4.90 Å². The van der Waals surface area contributed by atoms with Crippen molar-refractivity contribution in [3.8, 4) is 5.75 Å². The molecule has 1 aromatic rings. The SMILES string of the molecule is O=S(=O)(c1cc(Cl)ccc1OCC1CCC1)N1CCNCC1. The summed E-state index contributed by atoms with van der Waals surface area (Å²) >= 11 is 6.01. The molecule has 1 heterocycles. The molecular weight excluding hydrogens is 324 g/mol. The summed E-state index contributed by atoms with van der Waals surface area (Å²) in [4.78, 5) is 0.182. The number of halogens is 1. The van der Waals surface area contributed by atoms with Crippen LogP contribution in [0.4, 0.5) is 0 Å². The minimum absolute atomic E-state index is 0.182. The molecule has 1 aromatic carbocycles. The number of hydrogen-bond acceptors (Lipinski definition) is 4. The number of benzene rings is 1. The average Bonchev–Trinajstić information content (AvgIpc) is 2.48. The molecule has 1 saturated heterocycles. The molecule has 0 aromatic heterocycles. The number of piperazine rings is 1. The van der Waals surface area contributed by atoms with Crippen LogP contribution in [0.2, 0.25) is 5.02 Å². The molecule has 122 valence electrons. The van der Waals surface area contributed by atoms with Crippen LogP contribution in [-0.4, -0.2) is 45.5 Å². The standard InChI is InChI=1S/C15H21ClN2O3S/c16-13-4-5-14(21-11-12-2-1-3-12)15(10-13)22(19,20)18-8-6-17-7-9-18/h4-5,10,12,17H,1-3,6-9,11H2. The molecule has 7 heteroatoms. The Bertz CT molecular complexity index is 626. The van der Waals surface area contributed by atoms with Gasteiger partial charge in [0.1, 0.15) is 10.6 Å². The molecule has 1 saturated carbocycles. The van der Waals surface area contributed by atoms with Gasteiger partial charge < -0.3 is 10.1 Å². The molecule has 0 atom stereocenters. The maximum absolute atomic E-state index is 12.8. The second kappa shape index (κ2) is 6.74. The summed E-state index contributed by atoms with van der Waals surface area (Å²) in [6.45, 7) is 2.84. The Hall–Kier alpha value is -0.820. The van der Waals surface area contributed by atoms with Gasteiger partial charge in [0.15, 0.2) is 0 Å². The minimum atomic E-state index is -3.57. The van der Waals surface area contributed by atoms with E-state index in [1.807, 2.05) is 0 Å². The molecule has 0 unspecified atom stereocenters. The minimum Gasteiger partial charge on any atom is -0.492 e. The molecule has 0 bridgehead atoms. The number of ether oxygens (including phenoxy) is 1. The van der Waals surface area contributed by atoms with Crippen molar-refractivity contribution in [2.75, 3.05) is 32.8 Å². The Morgan fingerprint density at radius 3 is 2.64 bits per heavy atom. The van der Waals surface area contributed by atoms with Gasteiger partial charge in [0.25, 0.3) is 0 Å². The number of sulfonamides is 1. The Labute approximate surface area is 136 Å². The molecule has 2 fully saturated rings. The third kappa shape index (κ3) is 3.40. The molecule has 22 heavy (non-hydrogen) atoms. The maximum Gasteiger partial charge on any atom is 0.246 e. The number of nitrogens with zero attached hydrogens (tertiary/aromatic N) is 1. The highest BCUT2D eigenvalue weighted by atomic mass is 35.5.